The Balaban J connectivity index is 1.43. The molecular weight excluding hydrogens is 408 g/mol. The Morgan fingerprint density at radius 1 is 0.867 bits per heavy atom. The minimum Gasteiger partial charge on any atom is -0.360 e. The van der Waals surface area contributed by atoms with Crippen molar-refractivity contribution in [3.63, 3.8) is 0 Å². The van der Waals surface area contributed by atoms with Crippen LogP contribution in [0.25, 0.3) is 10.9 Å². The van der Waals surface area contributed by atoms with Gasteiger partial charge in [0.15, 0.2) is 0 Å². The Kier molecular flexibility index (Phi) is 6.82. The average molecular weight is 427 g/mol. The maximum Gasteiger partial charge on any atom is 0.257 e. The van der Waals surface area contributed by atoms with Gasteiger partial charge in [0.05, 0.1) is 6.54 Å². The molecule has 8 nitrogen and oxygen atoms in total. The zero-order valence-electron chi connectivity index (χ0n) is 15.8. The van der Waals surface area contributed by atoms with Crippen molar-refractivity contribution >= 4 is 40.2 Å². The van der Waals surface area contributed by atoms with Gasteiger partial charge in [-0.05, 0) is 36.4 Å². The summed E-state index contributed by atoms with van der Waals surface area (Å²) < 4.78 is 0. The van der Waals surface area contributed by atoms with Gasteiger partial charge in [0.1, 0.15) is 5.56 Å². The number of benzene rings is 2. The molecule has 0 aliphatic rings. The summed E-state index contributed by atoms with van der Waals surface area (Å²) >= 11 is 5.78. The lowest BCUT2D eigenvalue weighted by atomic mass is 10.1. The topological polar surface area (TPSA) is 120 Å². The lowest BCUT2D eigenvalue weighted by Gasteiger charge is -2.08. The second-order valence-electron chi connectivity index (χ2n) is 6.37. The largest absolute Gasteiger partial charge is 0.360 e. The van der Waals surface area contributed by atoms with Crippen molar-refractivity contribution in [1.82, 2.24) is 20.9 Å². The van der Waals surface area contributed by atoms with E-state index in [4.69, 9.17) is 11.6 Å². The van der Waals surface area contributed by atoms with E-state index in [2.05, 4.69) is 20.9 Å². The summed E-state index contributed by atoms with van der Waals surface area (Å²) in [5.74, 6) is -1.38. The number of para-hydroxylation sites is 1. The summed E-state index contributed by atoms with van der Waals surface area (Å²) in [4.78, 5) is 51.4. The first-order valence-corrected chi connectivity index (χ1v) is 9.52. The van der Waals surface area contributed by atoms with Gasteiger partial charge in [0.2, 0.25) is 11.3 Å². The third-order valence-electron chi connectivity index (χ3n) is 4.28. The minimum atomic E-state index is -0.645. The Morgan fingerprint density at radius 2 is 1.57 bits per heavy atom. The van der Waals surface area contributed by atoms with Gasteiger partial charge in [-0.15, -0.1) is 0 Å². The van der Waals surface area contributed by atoms with Gasteiger partial charge in [0, 0.05) is 40.8 Å². The molecule has 0 saturated heterocycles. The number of pyridine rings is 1. The van der Waals surface area contributed by atoms with E-state index < -0.39 is 17.2 Å². The second-order valence-corrected chi connectivity index (χ2v) is 6.81. The van der Waals surface area contributed by atoms with Crippen LogP contribution in [0, 0.1) is 0 Å². The van der Waals surface area contributed by atoms with Crippen LogP contribution in [0.5, 0.6) is 0 Å². The van der Waals surface area contributed by atoms with E-state index in [1.54, 1.807) is 48.5 Å². The van der Waals surface area contributed by atoms with Crippen LogP contribution < -0.4 is 21.4 Å². The predicted molar refractivity (Wildman–Crippen MR) is 114 cm³/mol. The first-order chi connectivity index (χ1) is 14.5. The highest BCUT2D eigenvalue weighted by atomic mass is 35.5. The number of carbonyl (C=O) groups excluding carboxylic acids is 3. The lowest BCUT2D eigenvalue weighted by Crippen LogP contribution is -2.41. The molecule has 0 atom stereocenters. The van der Waals surface area contributed by atoms with E-state index in [0.717, 1.165) is 0 Å². The third kappa shape index (κ3) is 5.24. The molecule has 3 amide bonds. The molecule has 2 aromatic carbocycles. The van der Waals surface area contributed by atoms with Crippen molar-refractivity contribution in [3.05, 3.63) is 81.1 Å². The normalized spacial score (nSPS) is 10.4. The molecule has 4 N–H and O–H groups in total. The van der Waals surface area contributed by atoms with Gasteiger partial charge in [-0.2, -0.15) is 0 Å². The quantitative estimate of drug-likeness (QED) is 0.427. The van der Waals surface area contributed by atoms with E-state index in [0.29, 0.717) is 21.5 Å². The molecule has 1 heterocycles. The first kappa shape index (κ1) is 21.1. The number of rotatable bonds is 7. The van der Waals surface area contributed by atoms with Crippen LogP contribution in [0.1, 0.15) is 20.7 Å². The number of hydrogen-bond acceptors (Lipinski definition) is 4. The minimum absolute atomic E-state index is 0.0725. The van der Waals surface area contributed by atoms with Gasteiger partial charge < -0.3 is 20.9 Å². The van der Waals surface area contributed by atoms with Crippen molar-refractivity contribution < 1.29 is 14.4 Å². The highest BCUT2D eigenvalue weighted by molar-refractivity contribution is 6.30. The number of nitrogens with one attached hydrogen (secondary N) is 4. The fraction of sp³-hybridized carbons (Fsp3) is 0.143. The molecule has 3 rings (SSSR count). The molecule has 1 aromatic heterocycles. The summed E-state index contributed by atoms with van der Waals surface area (Å²) in [5.41, 5.74) is 0.597. The van der Waals surface area contributed by atoms with Gasteiger partial charge in [0.25, 0.3) is 11.8 Å². The van der Waals surface area contributed by atoms with Crippen molar-refractivity contribution in [3.8, 4) is 0 Å². The molecule has 154 valence electrons. The molecule has 0 unspecified atom stereocenters. The van der Waals surface area contributed by atoms with Gasteiger partial charge in [-0.25, -0.2) is 0 Å². The summed E-state index contributed by atoms with van der Waals surface area (Å²) in [5, 5.41) is 8.58. The fourth-order valence-corrected chi connectivity index (χ4v) is 2.86. The van der Waals surface area contributed by atoms with Gasteiger partial charge >= 0.3 is 0 Å². The SMILES string of the molecule is O=C(CNC(=O)c1c[nH]c2ccccc2c1=O)NCCNC(=O)c1ccc(Cl)cc1. The van der Waals surface area contributed by atoms with Crippen LogP contribution in [-0.4, -0.2) is 42.3 Å². The predicted octanol–water partition coefficient (Wildman–Crippen LogP) is 1.46. The van der Waals surface area contributed by atoms with Crippen molar-refractivity contribution in [2.75, 3.05) is 19.6 Å². The molecule has 0 bridgehead atoms. The number of aromatic nitrogens is 1. The maximum atomic E-state index is 12.4. The van der Waals surface area contributed by atoms with Crippen LogP contribution in [0.15, 0.2) is 59.5 Å². The summed E-state index contributed by atoms with van der Waals surface area (Å²) in [6.45, 7) is 0.103. The van der Waals surface area contributed by atoms with Crippen LogP contribution >= 0.6 is 11.6 Å². The van der Waals surface area contributed by atoms with E-state index in [1.807, 2.05) is 0 Å². The van der Waals surface area contributed by atoms with E-state index in [1.165, 1.54) is 6.20 Å². The van der Waals surface area contributed by atoms with Crippen molar-refractivity contribution in [2.24, 2.45) is 0 Å². The van der Waals surface area contributed by atoms with Gasteiger partial charge in [-0.3, -0.25) is 19.2 Å². The zero-order valence-corrected chi connectivity index (χ0v) is 16.6. The summed E-state index contributed by atoms with van der Waals surface area (Å²) in [6.07, 6.45) is 1.32. The monoisotopic (exact) mass is 426 g/mol. The molecular formula is C21H19ClN4O4. The number of amides is 3. The lowest BCUT2D eigenvalue weighted by molar-refractivity contribution is -0.120. The molecule has 0 radical (unpaired) electrons. The van der Waals surface area contributed by atoms with Crippen LogP contribution in [-0.2, 0) is 4.79 Å². The van der Waals surface area contributed by atoms with E-state index in [-0.39, 0.29) is 31.1 Å². The van der Waals surface area contributed by atoms with Crippen LogP contribution in [0.3, 0.4) is 0 Å². The van der Waals surface area contributed by atoms with Gasteiger partial charge in [-0.1, -0.05) is 23.7 Å². The smallest absolute Gasteiger partial charge is 0.257 e. The molecule has 0 saturated carbocycles. The van der Waals surface area contributed by atoms with E-state index >= 15 is 0 Å². The number of H-pyrrole nitrogens is 1. The number of aromatic amines is 1. The molecule has 0 aliphatic heterocycles. The zero-order chi connectivity index (χ0) is 21.5. The Labute approximate surface area is 176 Å². The molecule has 0 aliphatic carbocycles. The standard InChI is InChI=1S/C21H19ClN4O4/c22-14-7-5-13(6-8-14)20(29)24-10-9-23-18(27)12-26-21(30)16-11-25-17-4-2-1-3-15(17)19(16)28/h1-8,11H,9-10,12H2,(H,23,27)(H,24,29)(H,25,28)(H,26,30). The first-order valence-electron chi connectivity index (χ1n) is 9.15. The second kappa shape index (κ2) is 9.71. The van der Waals surface area contributed by atoms with Crippen molar-refractivity contribution in [2.45, 2.75) is 0 Å². The maximum absolute atomic E-state index is 12.4. The van der Waals surface area contributed by atoms with Crippen molar-refractivity contribution in [1.29, 1.82) is 0 Å². The highest BCUT2D eigenvalue weighted by Crippen LogP contribution is 2.09. The summed E-state index contributed by atoms with van der Waals surface area (Å²) in [7, 11) is 0. The fourth-order valence-electron chi connectivity index (χ4n) is 2.74. The molecule has 30 heavy (non-hydrogen) atoms. The number of fused-ring (bicyclic) bond motifs is 1. The highest BCUT2D eigenvalue weighted by Gasteiger charge is 2.13. The number of halogens is 1. The van der Waals surface area contributed by atoms with Crippen LogP contribution in [0.4, 0.5) is 0 Å². The number of carbonyl (C=O) groups is 3. The molecule has 0 fully saturated rings. The third-order valence-corrected chi connectivity index (χ3v) is 4.53. The summed E-state index contributed by atoms with van der Waals surface area (Å²) in [6, 6.07) is 13.3. The Hall–Kier alpha value is -3.65. The average Bonchev–Trinajstić information content (AvgIpc) is 2.76. The Morgan fingerprint density at radius 3 is 2.33 bits per heavy atom. The Bertz CT molecular complexity index is 1140. The van der Waals surface area contributed by atoms with Crippen LogP contribution in [0.2, 0.25) is 5.02 Å². The molecule has 9 heteroatoms. The molecule has 0 spiro atoms. The van der Waals surface area contributed by atoms with E-state index in [9.17, 15) is 19.2 Å². The number of hydrogen-bond donors (Lipinski definition) is 4. The molecule has 3 aromatic rings.